The normalized spacial score (nSPS) is 19.4. The van der Waals surface area contributed by atoms with E-state index in [2.05, 4.69) is 11.0 Å². The Bertz CT molecular complexity index is 1260. The van der Waals surface area contributed by atoms with Gasteiger partial charge in [-0.3, -0.25) is 4.40 Å². The number of aliphatic hydroxyl groups is 1. The number of nitriles is 1. The minimum atomic E-state index is -3.21. The van der Waals surface area contributed by atoms with Gasteiger partial charge in [-0.15, -0.1) is 0 Å². The number of nitrogens with zero attached hydrogens (tertiary/aromatic N) is 4. The molecule has 7 nitrogen and oxygen atoms in total. The third kappa shape index (κ3) is 2.88. The van der Waals surface area contributed by atoms with Crippen molar-refractivity contribution in [3.63, 3.8) is 0 Å². The minimum absolute atomic E-state index is 0.0469. The number of hydrogen-bond donors (Lipinski definition) is 1. The van der Waals surface area contributed by atoms with Crippen LogP contribution in [0.4, 0.5) is 5.82 Å². The first-order valence-electron chi connectivity index (χ1n) is 9.93. The highest BCUT2D eigenvalue weighted by molar-refractivity contribution is 7.90. The van der Waals surface area contributed by atoms with Gasteiger partial charge >= 0.3 is 0 Å². The van der Waals surface area contributed by atoms with Gasteiger partial charge in [-0.2, -0.15) is 5.26 Å². The fourth-order valence-corrected chi connectivity index (χ4v) is 6.12. The molecule has 0 aliphatic carbocycles. The Balaban J connectivity index is 1.85. The lowest BCUT2D eigenvalue weighted by Gasteiger charge is -2.36. The number of benzene rings is 1. The lowest BCUT2D eigenvalue weighted by Crippen LogP contribution is -2.37. The van der Waals surface area contributed by atoms with E-state index in [1.54, 1.807) is 0 Å². The number of anilines is 1. The number of aliphatic hydroxyl groups excluding tert-OH is 1. The second kappa shape index (κ2) is 6.71. The van der Waals surface area contributed by atoms with Crippen LogP contribution in [0.2, 0.25) is 0 Å². The quantitative estimate of drug-likeness (QED) is 0.694. The molecule has 1 N–H and O–H groups in total. The van der Waals surface area contributed by atoms with E-state index >= 15 is 0 Å². The number of hydrogen-bond acceptors (Lipinski definition) is 6. The molecule has 150 valence electrons. The zero-order valence-electron chi connectivity index (χ0n) is 16.0. The summed E-state index contributed by atoms with van der Waals surface area (Å²) in [5.41, 5.74) is 4.33. The molecule has 4 heterocycles. The van der Waals surface area contributed by atoms with Crippen molar-refractivity contribution in [2.24, 2.45) is 5.92 Å². The van der Waals surface area contributed by atoms with Gasteiger partial charge in [-0.1, -0.05) is 12.1 Å². The van der Waals surface area contributed by atoms with Gasteiger partial charge in [0, 0.05) is 25.3 Å². The molecular formula is C21H22N4O3S. The molecule has 1 saturated heterocycles. The van der Waals surface area contributed by atoms with E-state index in [4.69, 9.17) is 4.98 Å². The van der Waals surface area contributed by atoms with Gasteiger partial charge in [-0.05, 0) is 42.9 Å². The van der Waals surface area contributed by atoms with Crippen molar-refractivity contribution in [2.45, 2.75) is 25.0 Å². The molecule has 2 aliphatic heterocycles. The maximum atomic E-state index is 12.5. The molecule has 0 saturated carbocycles. The highest BCUT2D eigenvalue weighted by Gasteiger charge is 2.33. The van der Waals surface area contributed by atoms with Gasteiger partial charge in [0.15, 0.2) is 15.5 Å². The van der Waals surface area contributed by atoms with E-state index in [0.29, 0.717) is 17.6 Å². The van der Waals surface area contributed by atoms with E-state index in [9.17, 15) is 18.8 Å². The molecule has 0 amide bonds. The van der Waals surface area contributed by atoms with Crippen LogP contribution in [0.5, 0.6) is 0 Å². The van der Waals surface area contributed by atoms with Gasteiger partial charge in [0.25, 0.3) is 0 Å². The molecule has 0 atom stereocenters. The molecule has 0 radical (unpaired) electrons. The standard InChI is InChI=1S/C21H22N4O3S/c22-11-16-15-7-10-29(27,28)13-17(15)21(24-8-5-14(12-26)6-9-24)25-19-4-2-1-3-18(19)23-20(16)25/h1-4,14,26H,5-10,12-13H2. The Labute approximate surface area is 169 Å². The summed E-state index contributed by atoms with van der Waals surface area (Å²) in [6, 6.07) is 10.0. The van der Waals surface area contributed by atoms with Crippen molar-refractivity contribution in [3.8, 4) is 6.07 Å². The van der Waals surface area contributed by atoms with Crippen LogP contribution in [0.1, 0.15) is 29.5 Å². The first kappa shape index (κ1) is 18.4. The Kier molecular flexibility index (Phi) is 4.26. The Hall–Kier alpha value is -2.63. The zero-order valence-corrected chi connectivity index (χ0v) is 16.8. The Morgan fingerprint density at radius 1 is 1.21 bits per heavy atom. The second-order valence-electron chi connectivity index (χ2n) is 7.98. The SMILES string of the molecule is N#Cc1c2c(c(N3CCC(CO)CC3)n3c1nc1ccccc13)CS(=O)(=O)CC2. The average molecular weight is 410 g/mol. The maximum Gasteiger partial charge on any atom is 0.157 e. The van der Waals surface area contributed by atoms with Crippen LogP contribution in [-0.4, -0.2) is 48.4 Å². The molecule has 8 heteroatoms. The van der Waals surface area contributed by atoms with Gasteiger partial charge < -0.3 is 10.0 Å². The predicted octanol–water partition coefficient (Wildman–Crippen LogP) is 2.04. The van der Waals surface area contributed by atoms with Crippen LogP contribution in [0.3, 0.4) is 0 Å². The zero-order chi connectivity index (χ0) is 20.2. The van der Waals surface area contributed by atoms with Gasteiger partial charge in [-0.25, -0.2) is 13.4 Å². The van der Waals surface area contributed by atoms with Crippen LogP contribution in [-0.2, 0) is 22.0 Å². The van der Waals surface area contributed by atoms with Crippen molar-refractivity contribution >= 4 is 32.3 Å². The fraction of sp³-hybridized carbons (Fsp3) is 0.429. The number of piperidine rings is 1. The van der Waals surface area contributed by atoms with E-state index in [1.165, 1.54) is 0 Å². The molecule has 29 heavy (non-hydrogen) atoms. The third-order valence-electron chi connectivity index (χ3n) is 6.24. The number of fused-ring (bicyclic) bond motifs is 4. The fourth-order valence-electron chi connectivity index (χ4n) is 4.72. The summed E-state index contributed by atoms with van der Waals surface area (Å²) in [7, 11) is -3.21. The summed E-state index contributed by atoms with van der Waals surface area (Å²) in [5, 5.41) is 19.4. The van der Waals surface area contributed by atoms with Crippen molar-refractivity contribution < 1.29 is 13.5 Å². The lowest BCUT2D eigenvalue weighted by molar-refractivity contribution is 0.202. The summed E-state index contributed by atoms with van der Waals surface area (Å²) >= 11 is 0. The molecule has 3 aromatic rings. The van der Waals surface area contributed by atoms with Gasteiger partial charge in [0.2, 0.25) is 0 Å². The molecule has 0 bridgehead atoms. The number of sulfone groups is 1. The van der Waals surface area contributed by atoms with Crippen molar-refractivity contribution in [3.05, 3.63) is 41.0 Å². The predicted molar refractivity (Wildman–Crippen MR) is 111 cm³/mol. The number of imidazole rings is 1. The van der Waals surface area contributed by atoms with Crippen LogP contribution >= 0.6 is 0 Å². The highest BCUT2D eigenvalue weighted by atomic mass is 32.2. The summed E-state index contributed by atoms with van der Waals surface area (Å²) in [6.07, 6.45) is 2.05. The van der Waals surface area contributed by atoms with Crippen LogP contribution in [0.15, 0.2) is 24.3 Å². The van der Waals surface area contributed by atoms with Crippen LogP contribution in [0, 0.1) is 17.2 Å². The summed E-state index contributed by atoms with van der Waals surface area (Å²) in [5.74, 6) is 1.15. The second-order valence-corrected chi connectivity index (χ2v) is 10.2. The summed E-state index contributed by atoms with van der Waals surface area (Å²) < 4.78 is 27.0. The summed E-state index contributed by atoms with van der Waals surface area (Å²) in [4.78, 5) is 6.96. The van der Waals surface area contributed by atoms with Crippen molar-refractivity contribution in [1.29, 1.82) is 5.26 Å². The molecule has 0 unspecified atom stereocenters. The molecular weight excluding hydrogens is 388 g/mol. The van der Waals surface area contributed by atoms with Crippen molar-refractivity contribution in [1.82, 2.24) is 9.38 Å². The molecule has 2 aliphatic rings. The van der Waals surface area contributed by atoms with Gasteiger partial charge in [0.1, 0.15) is 11.9 Å². The molecule has 0 spiro atoms. The summed E-state index contributed by atoms with van der Waals surface area (Å²) in [6.45, 7) is 1.66. The third-order valence-corrected chi connectivity index (χ3v) is 7.80. The van der Waals surface area contributed by atoms with E-state index in [0.717, 1.165) is 53.9 Å². The van der Waals surface area contributed by atoms with E-state index in [-0.39, 0.29) is 24.0 Å². The average Bonchev–Trinajstić information content (AvgIpc) is 3.10. The molecule has 5 rings (SSSR count). The molecule has 2 aromatic heterocycles. The number of rotatable bonds is 2. The number of pyridine rings is 1. The first-order valence-corrected chi connectivity index (χ1v) is 11.8. The Morgan fingerprint density at radius 2 is 1.97 bits per heavy atom. The van der Waals surface area contributed by atoms with Crippen LogP contribution in [0.25, 0.3) is 16.7 Å². The van der Waals surface area contributed by atoms with E-state index < -0.39 is 9.84 Å². The topological polar surface area (TPSA) is 98.7 Å². The molecule has 1 fully saturated rings. The lowest BCUT2D eigenvalue weighted by atomic mass is 9.96. The number of para-hydroxylation sites is 2. The van der Waals surface area contributed by atoms with Crippen molar-refractivity contribution in [2.75, 3.05) is 30.3 Å². The monoisotopic (exact) mass is 410 g/mol. The Morgan fingerprint density at radius 3 is 2.69 bits per heavy atom. The highest BCUT2D eigenvalue weighted by Crippen LogP contribution is 2.38. The first-order chi connectivity index (χ1) is 14.0. The largest absolute Gasteiger partial charge is 0.396 e. The smallest absolute Gasteiger partial charge is 0.157 e. The van der Waals surface area contributed by atoms with E-state index in [1.807, 2.05) is 28.7 Å². The number of aromatic nitrogens is 2. The maximum absolute atomic E-state index is 12.5. The van der Waals surface area contributed by atoms with Crippen LogP contribution < -0.4 is 4.90 Å². The molecule has 1 aromatic carbocycles. The minimum Gasteiger partial charge on any atom is -0.396 e. The van der Waals surface area contributed by atoms with Gasteiger partial charge in [0.05, 0.1) is 28.1 Å².